The fourth-order valence-electron chi connectivity index (χ4n) is 0.993. The Bertz CT molecular complexity index is 417. The molecule has 0 aromatic heterocycles. The van der Waals surface area contributed by atoms with E-state index in [-0.39, 0.29) is 22.7 Å². The van der Waals surface area contributed by atoms with Crippen molar-refractivity contribution in [3.05, 3.63) is 31.4 Å². The maximum Gasteiger partial charge on any atom is 0.272 e. The maximum absolute atomic E-state index is 11.1. The summed E-state index contributed by atoms with van der Waals surface area (Å²) < 4.78 is 0.556. The highest BCUT2D eigenvalue weighted by Crippen LogP contribution is 2.26. The molecule has 0 aliphatic heterocycles. The van der Waals surface area contributed by atoms with Crippen LogP contribution in [-0.2, 0) is 0 Å². The first kappa shape index (κ1) is 10.9. The molecule has 0 spiro atoms. The molecule has 0 unspecified atom stereocenters. The molecule has 2 N–H and O–H groups in total. The number of hydrogen-bond donors (Lipinski definition) is 1. The first-order valence-corrected chi connectivity index (χ1v) is 4.75. The summed E-state index contributed by atoms with van der Waals surface area (Å²) in [5, 5.41) is 10.5. The molecule has 6 heteroatoms. The van der Waals surface area contributed by atoms with Gasteiger partial charge in [0, 0.05) is 21.3 Å². The van der Waals surface area contributed by atoms with Crippen molar-refractivity contribution in [1.82, 2.24) is 0 Å². The summed E-state index contributed by atoms with van der Waals surface area (Å²) in [6.45, 7) is 1.35. The number of benzene rings is 1. The second-order valence-corrected chi connectivity index (χ2v) is 3.79. The number of ketones is 1. The van der Waals surface area contributed by atoms with Crippen molar-refractivity contribution in [2.75, 3.05) is 5.73 Å². The van der Waals surface area contributed by atoms with Gasteiger partial charge in [0.05, 0.1) is 10.6 Å². The van der Waals surface area contributed by atoms with E-state index in [9.17, 15) is 14.9 Å². The molecular weight excluding hydrogens is 299 g/mol. The molecule has 0 heterocycles. The van der Waals surface area contributed by atoms with Crippen LogP contribution in [0.1, 0.15) is 17.3 Å². The van der Waals surface area contributed by atoms with Crippen LogP contribution in [0.25, 0.3) is 0 Å². The van der Waals surface area contributed by atoms with E-state index >= 15 is 0 Å². The number of nitro groups is 1. The maximum atomic E-state index is 11.1. The van der Waals surface area contributed by atoms with Gasteiger partial charge in [-0.3, -0.25) is 14.9 Å². The molecule has 1 aromatic carbocycles. The molecular formula is C8H7IN2O3. The number of nitrogens with zero attached hydrogens (tertiary/aromatic N) is 1. The fourth-order valence-corrected chi connectivity index (χ4v) is 1.68. The molecule has 0 radical (unpaired) electrons. The number of nitrogen functional groups attached to an aromatic ring is 1. The third-order valence-corrected chi connectivity index (χ3v) is 2.88. The highest BCUT2D eigenvalue weighted by Gasteiger charge is 2.15. The van der Waals surface area contributed by atoms with Crippen molar-refractivity contribution in [1.29, 1.82) is 0 Å². The molecule has 0 bridgehead atoms. The van der Waals surface area contributed by atoms with Crippen LogP contribution in [0.4, 0.5) is 11.4 Å². The molecule has 0 aliphatic carbocycles. The second-order valence-electron chi connectivity index (χ2n) is 2.71. The second kappa shape index (κ2) is 3.91. The molecule has 1 aromatic rings. The lowest BCUT2D eigenvalue weighted by Crippen LogP contribution is -2.02. The number of Topliss-reactive ketones (excluding diaryl/α,β-unsaturated/α-hetero) is 1. The summed E-state index contributed by atoms with van der Waals surface area (Å²) in [4.78, 5) is 21.0. The van der Waals surface area contributed by atoms with Crippen LogP contribution in [-0.4, -0.2) is 10.7 Å². The van der Waals surface area contributed by atoms with E-state index in [0.29, 0.717) is 3.57 Å². The van der Waals surface area contributed by atoms with Gasteiger partial charge in [0.25, 0.3) is 5.69 Å². The van der Waals surface area contributed by atoms with E-state index in [0.717, 1.165) is 0 Å². The van der Waals surface area contributed by atoms with Crippen LogP contribution in [0.2, 0.25) is 0 Å². The number of halogens is 1. The highest BCUT2D eigenvalue weighted by molar-refractivity contribution is 14.1. The number of nitro benzene ring substituents is 1. The summed E-state index contributed by atoms with van der Waals surface area (Å²) in [6.07, 6.45) is 0. The van der Waals surface area contributed by atoms with Crippen molar-refractivity contribution in [2.24, 2.45) is 0 Å². The lowest BCUT2D eigenvalue weighted by molar-refractivity contribution is -0.384. The lowest BCUT2D eigenvalue weighted by Gasteiger charge is -2.03. The van der Waals surface area contributed by atoms with Crippen LogP contribution in [0.15, 0.2) is 12.1 Å². The SMILES string of the molecule is CC(=O)c1cc([N+](=O)[O-])cc(N)c1I. The number of rotatable bonds is 2. The third kappa shape index (κ3) is 2.00. The largest absolute Gasteiger partial charge is 0.398 e. The van der Waals surface area contributed by atoms with Crippen LogP contribution >= 0.6 is 22.6 Å². The first-order chi connectivity index (χ1) is 6.43. The molecule has 0 atom stereocenters. The first-order valence-electron chi connectivity index (χ1n) is 3.68. The van der Waals surface area contributed by atoms with Gasteiger partial charge in [-0.2, -0.15) is 0 Å². The van der Waals surface area contributed by atoms with Crippen LogP contribution in [0.5, 0.6) is 0 Å². The standard InChI is InChI=1S/C8H7IN2O3/c1-4(12)6-2-5(11(13)14)3-7(10)8(6)9/h2-3H,10H2,1H3. The summed E-state index contributed by atoms with van der Waals surface area (Å²) in [5.74, 6) is -0.232. The van der Waals surface area contributed by atoms with Crippen LogP contribution < -0.4 is 5.73 Å². The minimum absolute atomic E-state index is 0.159. The number of hydrogen-bond acceptors (Lipinski definition) is 4. The number of carbonyl (C=O) groups excluding carboxylic acids is 1. The predicted molar refractivity (Wildman–Crippen MR) is 60.2 cm³/mol. The van der Waals surface area contributed by atoms with Crippen LogP contribution in [0, 0.1) is 13.7 Å². The quantitative estimate of drug-likeness (QED) is 0.298. The number of anilines is 1. The summed E-state index contributed by atoms with van der Waals surface area (Å²) in [7, 11) is 0. The average molecular weight is 306 g/mol. The van der Waals surface area contributed by atoms with Crippen molar-refractivity contribution >= 4 is 39.7 Å². The monoisotopic (exact) mass is 306 g/mol. The molecule has 0 aliphatic rings. The molecule has 0 saturated heterocycles. The van der Waals surface area contributed by atoms with E-state index < -0.39 is 4.92 Å². The Morgan fingerprint density at radius 3 is 2.57 bits per heavy atom. The molecule has 1 rings (SSSR count). The molecule has 0 fully saturated rings. The minimum Gasteiger partial charge on any atom is -0.398 e. The van der Waals surface area contributed by atoms with Gasteiger partial charge in [-0.1, -0.05) is 0 Å². The zero-order valence-electron chi connectivity index (χ0n) is 7.28. The Labute approximate surface area is 93.6 Å². The van der Waals surface area contributed by atoms with E-state index in [2.05, 4.69) is 0 Å². The minimum atomic E-state index is -0.571. The van der Waals surface area contributed by atoms with E-state index in [1.807, 2.05) is 22.6 Å². The van der Waals surface area contributed by atoms with E-state index in [1.165, 1.54) is 19.1 Å². The van der Waals surface area contributed by atoms with Crippen LogP contribution in [0.3, 0.4) is 0 Å². The van der Waals surface area contributed by atoms with Gasteiger partial charge in [-0.25, -0.2) is 0 Å². The van der Waals surface area contributed by atoms with Gasteiger partial charge in [-0.05, 0) is 29.5 Å². The Morgan fingerprint density at radius 2 is 2.14 bits per heavy atom. The molecule has 0 saturated carbocycles. The topological polar surface area (TPSA) is 86.2 Å². The van der Waals surface area contributed by atoms with Gasteiger partial charge in [0.15, 0.2) is 5.78 Å². The highest BCUT2D eigenvalue weighted by atomic mass is 127. The summed E-state index contributed by atoms with van der Waals surface area (Å²) >= 11 is 1.89. The molecule has 74 valence electrons. The normalized spacial score (nSPS) is 9.86. The Hall–Kier alpha value is -1.18. The van der Waals surface area contributed by atoms with Gasteiger partial charge < -0.3 is 5.73 Å². The predicted octanol–water partition coefficient (Wildman–Crippen LogP) is 1.98. The third-order valence-electron chi connectivity index (χ3n) is 1.68. The zero-order chi connectivity index (χ0) is 10.9. The summed E-state index contributed by atoms with van der Waals surface area (Å²) in [6, 6.07) is 2.48. The van der Waals surface area contributed by atoms with Gasteiger partial charge >= 0.3 is 0 Å². The summed E-state index contributed by atoms with van der Waals surface area (Å²) in [5.41, 5.74) is 5.92. The van der Waals surface area contributed by atoms with Crippen molar-refractivity contribution in [3.8, 4) is 0 Å². The Balaban J connectivity index is 3.43. The van der Waals surface area contributed by atoms with Gasteiger partial charge in [-0.15, -0.1) is 0 Å². The lowest BCUT2D eigenvalue weighted by atomic mass is 10.1. The van der Waals surface area contributed by atoms with Crippen molar-refractivity contribution < 1.29 is 9.72 Å². The molecule has 0 amide bonds. The number of nitrogens with two attached hydrogens (primary N) is 1. The van der Waals surface area contributed by atoms with Gasteiger partial charge in [0.2, 0.25) is 0 Å². The number of non-ortho nitro benzene ring substituents is 1. The van der Waals surface area contributed by atoms with E-state index in [4.69, 9.17) is 5.73 Å². The Kier molecular flexibility index (Phi) is 3.04. The van der Waals surface area contributed by atoms with Gasteiger partial charge in [0.1, 0.15) is 0 Å². The average Bonchev–Trinajstić information content (AvgIpc) is 2.08. The van der Waals surface area contributed by atoms with Crippen molar-refractivity contribution in [3.63, 3.8) is 0 Å². The van der Waals surface area contributed by atoms with Crippen molar-refractivity contribution in [2.45, 2.75) is 6.92 Å². The smallest absolute Gasteiger partial charge is 0.272 e. The molecule has 5 nitrogen and oxygen atoms in total. The fraction of sp³-hybridized carbons (Fsp3) is 0.125. The zero-order valence-corrected chi connectivity index (χ0v) is 9.44. The Morgan fingerprint density at radius 1 is 1.57 bits per heavy atom. The molecule has 14 heavy (non-hydrogen) atoms. The number of carbonyl (C=O) groups is 1. The van der Waals surface area contributed by atoms with E-state index in [1.54, 1.807) is 0 Å².